The molecule has 1 N–H and O–H groups in total. The third kappa shape index (κ3) is 4.68. The number of ether oxygens (including phenoxy) is 1. The minimum Gasteiger partial charge on any atom is -0.497 e. The van der Waals surface area contributed by atoms with Crippen molar-refractivity contribution in [2.75, 3.05) is 7.11 Å². The highest BCUT2D eigenvalue weighted by Crippen LogP contribution is 2.24. The zero-order chi connectivity index (χ0) is 19.9. The number of carbonyl (C=O) groups is 1. The number of aryl methyl sites for hydroxylation is 2. The molecule has 0 spiro atoms. The smallest absolute Gasteiger partial charge is 0.244 e. The molecule has 3 rings (SSSR count). The number of nitrogens with one attached hydrogen (secondary N) is 1. The monoisotopic (exact) mass is 371 g/mol. The molecule has 0 unspecified atom stereocenters. The second-order valence-electron chi connectivity index (χ2n) is 6.77. The van der Waals surface area contributed by atoms with Crippen LogP contribution >= 0.6 is 0 Å². The second-order valence-corrected chi connectivity index (χ2v) is 6.77. The predicted molar refractivity (Wildman–Crippen MR) is 114 cm³/mol. The van der Waals surface area contributed by atoms with E-state index in [9.17, 15) is 4.79 Å². The van der Waals surface area contributed by atoms with Crippen molar-refractivity contribution >= 4 is 12.0 Å². The van der Waals surface area contributed by atoms with E-state index in [1.807, 2.05) is 92.7 Å². The molecule has 0 heterocycles. The quantitative estimate of drug-likeness (QED) is 0.603. The van der Waals surface area contributed by atoms with Crippen LogP contribution in [0.1, 0.15) is 33.9 Å². The zero-order valence-electron chi connectivity index (χ0n) is 16.5. The fourth-order valence-electron chi connectivity index (χ4n) is 3.32. The lowest BCUT2D eigenvalue weighted by molar-refractivity contribution is -0.116. The van der Waals surface area contributed by atoms with Crippen LogP contribution in [-0.4, -0.2) is 13.0 Å². The van der Waals surface area contributed by atoms with Crippen LogP contribution in [0, 0.1) is 13.8 Å². The summed E-state index contributed by atoms with van der Waals surface area (Å²) in [5.74, 6) is 0.692. The Labute approximate surface area is 166 Å². The van der Waals surface area contributed by atoms with Gasteiger partial charge in [0.05, 0.1) is 13.2 Å². The van der Waals surface area contributed by atoms with Gasteiger partial charge in [-0.15, -0.1) is 0 Å². The molecule has 3 aromatic carbocycles. The lowest BCUT2D eigenvalue weighted by Gasteiger charge is -2.19. The summed E-state index contributed by atoms with van der Waals surface area (Å²) in [7, 11) is 1.66. The zero-order valence-corrected chi connectivity index (χ0v) is 16.5. The van der Waals surface area contributed by atoms with E-state index in [2.05, 4.69) is 5.32 Å². The third-order valence-electron chi connectivity index (χ3n) is 4.76. The molecule has 1 amide bonds. The first kappa shape index (κ1) is 19.4. The Morgan fingerprint density at radius 1 is 0.893 bits per heavy atom. The van der Waals surface area contributed by atoms with Crippen LogP contribution in [0.25, 0.3) is 6.08 Å². The van der Waals surface area contributed by atoms with E-state index in [-0.39, 0.29) is 11.9 Å². The first-order valence-corrected chi connectivity index (χ1v) is 9.32. The molecule has 3 heteroatoms. The van der Waals surface area contributed by atoms with Gasteiger partial charge in [0.1, 0.15) is 5.75 Å². The highest BCUT2D eigenvalue weighted by Gasteiger charge is 2.15. The van der Waals surface area contributed by atoms with Gasteiger partial charge in [0.2, 0.25) is 5.91 Å². The summed E-state index contributed by atoms with van der Waals surface area (Å²) in [4.78, 5) is 12.7. The van der Waals surface area contributed by atoms with Gasteiger partial charge in [-0.1, -0.05) is 60.7 Å². The molecule has 0 bridgehead atoms. The standard InChI is InChI=1S/C25H25NO2/c1-18-16-22(28-3)17-19(2)23(18)14-15-24(27)26-25(20-10-6-4-7-11-20)21-12-8-5-9-13-21/h4-17,25H,1-3H3,(H,26,27)/b15-14+. The van der Waals surface area contributed by atoms with Crippen molar-refractivity contribution in [3.05, 3.63) is 107 Å². The number of carbonyl (C=O) groups excluding carboxylic acids is 1. The van der Waals surface area contributed by atoms with E-state index in [0.717, 1.165) is 33.6 Å². The molecule has 28 heavy (non-hydrogen) atoms. The van der Waals surface area contributed by atoms with Gasteiger partial charge in [-0.25, -0.2) is 0 Å². The van der Waals surface area contributed by atoms with Gasteiger partial charge in [-0.2, -0.15) is 0 Å². The first-order valence-electron chi connectivity index (χ1n) is 9.32. The van der Waals surface area contributed by atoms with Gasteiger partial charge in [-0.3, -0.25) is 4.79 Å². The average Bonchev–Trinajstić information content (AvgIpc) is 2.72. The Morgan fingerprint density at radius 2 is 1.39 bits per heavy atom. The largest absolute Gasteiger partial charge is 0.497 e. The molecule has 0 aliphatic carbocycles. The van der Waals surface area contributed by atoms with Crippen molar-refractivity contribution in [3.8, 4) is 5.75 Å². The SMILES string of the molecule is COc1cc(C)c(/C=C/C(=O)NC(c2ccccc2)c2ccccc2)c(C)c1. The van der Waals surface area contributed by atoms with E-state index in [1.165, 1.54) is 0 Å². The summed E-state index contributed by atoms with van der Waals surface area (Å²) in [6.45, 7) is 4.04. The van der Waals surface area contributed by atoms with Gasteiger partial charge < -0.3 is 10.1 Å². The van der Waals surface area contributed by atoms with Crippen LogP contribution < -0.4 is 10.1 Å². The van der Waals surface area contributed by atoms with Crippen LogP contribution in [0.4, 0.5) is 0 Å². The molecule has 0 aliphatic heterocycles. The summed E-state index contributed by atoms with van der Waals surface area (Å²) < 4.78 is 5.30. The fourth-order valence-corrected chi connectivity index (χ4v) is 3.32. The Hall–Kier alpha value is -3.33. The molecule has 0 fully saturated rings. The molecule has 3 aromatic rings. The van der Waals surface area contributed by atoms with Gasteiger partial charge >= 0.3 is 0 Å². The number of hydrogen-bond acceptors (Lipinski definition) is 2. The topological polar surface area (TPSA) is 38.3 Å². The van der Waals surface area contributed by atoms with Gasteiger partial charge in [0, 0.05) is 6.08 Å². The molecular formula is C25H25NO2. The maximum atomic E-state index is 12.7. The van der Waals surface area contributed by atoms with Gasteiger partial charge in [0.25, 0.3) is 0 Å². The minimum atomic E-state index is -0.197. The Balaban J connectivity index is 1.83. The number of hydrogen-bond donors (Lipinski definition) is 1. The summed E-state index contributed by atoms with van der Waals surface area (Å²) >= 11 is 0. The van der Waals surface area contributed by atoms with Crippen molar-refractivity contribution in [3.63, 3.8) is 0 Å². The van der Waals surface area contributed by atoms with Crippen molar-refractivity contribution < 1.29 is 9.53 Å². The second kappa shape index (κ2) is 9.05. The van der Waals surface area contributed by atoms with Crippen molar-refractivity contribution in [1.82, 2.24) is 5.32 Å². The van der Waals surface area contributed by atoms with E-state index in [1.54, 1.807) is 13.2 Å². The molecule has 0 saturated carbocycles. The summed E-state index contributed by atoms with van der Waals surface area (Å²) in [5, 5.41) is 3.13. The van der Waals surface area contributed by atoms with Gasteiger partial charge in [-0.05, 0) is 59.9 Å². The minimum absolute atomic E-state index is 0.132. The Bertz CT molecular complexity index is 900. The number of amides is 1. The molecule has 0 aliphatic rings. The molecule has 0 radical (unpaired) electrons. The van der Waals surface area contributed by atoms with E-state index >= 15 is 0 Å². The van der Waals surface area contributed by atoms with Crippen LogP contribution in [0.5, 0.6) is 5.75 Å². The van der Waals surface area contributed by atoms with Gasteiger partial charge in [0.15, 0.2) is 0 Å². The van der Waals surface area contributed by atoms with Crippen LogP contribution in [0.15, 0.2) is 78.9 Å². The Kier molecular flexibility index (Phi) is 6.28. The maximum Gasteiger partial charge on any atom is 0.244 e. The number of benzene rings is 3. The first-order chi connectivity index (χ1) is 13.6. The fraction of sp³-hybridized carbons (Fsp3) is 0.160. The maximum absolute atomic E-state index is 12.7. The summed E-state index contributed by atoms with van der Waals surface area (Å²) in [6.07, 6.45) is 3.47. The van der Waals surface area contributed by atoms with E-state index in [4.69, 9.17) is 4.74 Å². The molecule has 0 aromatic heterocycles. The lowest BCUT2D eigenvalue weighted by atomic mass is 9.98. The molecule has 142 valence electrons. The number of rotatable bonds is 6. The van der Waals surface area contributed by atoms with Crippen molar-refractivity contribution in [2.45, 2.75) is 19.9 Å². The highest BCUT2D eigenvalue weighted by molar-refractivity contribution is 5.92. The van der Waals surface area contributed by atoms with E-state index in [0.29, 0.717) is 0 Å². The van der Waals surface area contributed by atoms with Crippen LogP contribution in [0.3, 0.4) is 0 Å². The number of methoxy groups -OCH3 is 1. The lowest BCUT2D eigenvalue weighted by Crippen LogP contribution is -2.27. The Morgan fingerprint density at radius 3 is 1.86 bits per heavy atom. The highest BCUT2D eigenvalue weighted by atomic mass is 16.5. The molecule has 3 nitrogen and oxygen atoms in total. The molecule has 0 saturated heterocycles. The molecule has 0 atom stereocenters. The van der Waals surface area contributed by atoms with E-state index < -0.39 is 0 Å². The van der Waals surface area contributed by atoms with Crippen LogP contribution in [0.2, 0.25) is 0 Å². The predicted octanol–water partition coefficient (Wildman–Crippen LogP) is 5.23. The summed E-state index contributed by atoms with van der Waals surface area (Å²) in [5.41, 5.74) is 5.28. The van der Waals surface area contributed by atoms with Crippen LogP contribution in [-0.2, 0) is 4.79 Å². The summed E-state index contributed by atoms with van der Waals surface area (Å²) in [6, 6.07) is 23.7. The average molecular weight is 371 g/mol. The van der Waals surface area contributed by atoms with Crippen molar-refractivity contribution in [1.29, 1.82) is 0 Å². The third-order valence-corrected chi connectivity index (χ3v) is 4.76. The van der Waals surface area contributed by atoms with Crippen molar-refractivity contribution in [2.24, 2.45) is 0 Å². The molecular weight excluding hydrogens is 346 g/mol. The normalized spacial score (nSPS) is 11.0.